The maximum Gasteiger partial charge on any atom is 0.410 e. The van der Waals surface area contributed by atoms with Crippen LogP contribution in [-0.2, 0) is 4.74 Å². The van der Waals surface area contributed by atoms with Gasteiger partial charge in [-0.1, -0.05) is 36.4 Å². The number of halogens is 1. The number of benzene rings is 2. The molecule has 5 nitrogen and oxygen atoms in total. The van der Waals surface area contributed by atoms with Crippen LogP contribution in [0.1, 0.15) is 31.1 Å². The second-order valence-electron chi connectivity index (χ2n) is 7.82. The topological polar surface area (TPSA) is 49.9 Å². The molecule has 1 aliphatic rings. The van der Waals surface area contributed by atoms with Gasteiger partial charge in [-0.15, -0.1) is 0 Å². The first-order valence-electron chi connectivity index (χ1n) is 9.37. The number of rotatable bonds is 2. The Hall–Kier alpha value is -2.89. The number of carbonyl (C=O) groups is 2. The van der Waals surface area contributed by atoms with Gasteiger partial charge >= 0.3 is 6.09 Å². The van der Waals surface area contributed by atoms with Crippen LogP contribution in [0, 0.1) is 5.82 Å². The van der Waals surface area contributed by atoms with Crippen LogP contribution in [0.15, 0.2) is 48.5 Å². The molecule has 0 aromatic heterocycles. The summed E-state index contributed by atoms with van der Waals surface area (Å²) >= 11 is 0. The molecule has 0 N–H and O–H groups in total. The van der Waals surface area contributed by atoms with Gasteiger partial charge in [-0.05, 0) is 44.0 Å². The first-order chi connectivity index (χ1) is 13.2. The lowest BCUT2D eigenvalue weighted by molar-refractivity contribution is 0.0140. The standard InChI is InChI=1S/C22H25FN2O3/c1-22(2,3)28-21(27)25-13-11-24(12-14-25)20(26)18-15-17(9-10-19(18)23)16-7-5-4-6-8-16/h4-10,15H,11-14H2,1-3H3. The van der Waals surface area contributed by atoms with Gasteiger partial charge in [-0.3, -0.25) is 4.79 Å². The first-order valence-corrected chi connectivity index (χ1v) is 9.37. The van der Waals surface area contributed by atoms with Crippen molar-refractivity contribution in [2.75, 3.05) is 26.2 Å². The monoisotopic (exact) mass is 384 g/mol. The lowest BCUT2D eigenvalue weighted by Gasteiger charge is -2.35. The first kappa shape index (κ1) is 19.9. The molecule has 0 unspecified atom stereocenters. The average molecular weight is 384 g/mol. The number of piperazine rings is 1. The van der Waals surface area contributed by atoms with E-state index in [4.69, 9.17) is 4.74 Å². The second kappa shape index (κ2) is 8.00. The largest absolute Gasteiger partial charge is 0.444 e. The highest BCUT2D eigenvalue weighted by molar-refractivity contribution is 5.96. The molecule has 0 spiro atoms. The quantitative estimate of drug-likeness (QED) is 0.780. The number of carbonyl (C=O) groups excluding carboxylic acids is 2. The Labute approximate surface area is 164 Å². The number of nitrogens with zero attached hydrogens (tertiary/aromatic N) is 2. The highest BCUT2D eigenvalue weighted by Gasteiger charge is 2.29. The Morgan fingerprint density at radius 2 is 1.50 bits per heavy atom. The zero-order chi connectivity index (χ0) is 20.3. The molecule has 2 amide bonds. The minimum absolute atomic E-state index is 0.0482. The zero-order valence-electron chi connectivity index (χ0n) is 16.4. The maximum atomic E-state index is 14.3. The zero-order valence-corrected chi connectivity index (χ0v) is 16.4. The summed E-state index contributed by atoms with van der Waals surface area (Å²) in [6.07, 6.45) is -0.392. The number of ether oxygens (including phenoxy) is 1. The number of hydrogen-bond donors (Lipinski definition) is 0. The molecule has 1 fully saturated rings. The van der Waals surface area contributed by atoms with Gasteiger partial charge in [-0.25, -0.2) is 9.18 Å². The SMILES string of the molecule is CC(C)(C)OC(=O)N1CCN(C(=O)c2cc(-c3ccccc3)ccc2F)CC1. The van der Waals surface area contributed by atoms with Crippen molar-refractivity contribution in [1.29, 1.82) is 0 Å². The molecule has 2 aromatic rings. The molecule has 148 valence electrons. The summed E-state index contributed by atoms with van der Waals surface area (Å²) in [6.45, 7) is 6.84. The van der Waals surface area contributed by atoms with E-state index >= 15 is 0 Å². The van der Waals surface area contributed by atoms with E-state index in [1.807, 2.05) is 51.1 Å². The molecule has 1 aliphatic heterocycles. The van der Waals surface area contributed by atoms with Gasteiger partial charge in [-0.2, -0.15) is 0 Å². The molecular weight excluding hydrogens is 359 g/mol. The fourth-order valence-corrected chi connectivity index (χ4v) is 3.09. The molecule has 0 bridgehead atoms. The van der Waals surface area contributed by atoms with Crippen LogP contribution in [0.5, 0.6) is 0 Å². The van der Waals surface area contributed by atoms with Crippen molar-refractivity contribution < 1.29 is 18.7 Å². The molecule has 2 aromatic carbocycles. The predicted octanol–water partition coefficient (Wildman–Crippen LogP) is 4.19. The molecule has 0 atom stereocenters. The molecule has 1 heterocycles. The minimum atomic E-state index is -0.564. The second-order valence-corrected chi connectivity index (χ2v) is 7.82. The normalized spacial score (nSPS) is 14.7. The third kappa shape index (κ3) is 4.68. The predicted molar refractivity (Wildman–Crippen MR) is 106 cm³/mol. The van der Waals surface area contributed by atoms with E-state index in [9.17, 15) is 14.0 Å². The van der Waals surface area contributed by atoms with Crippen LogP contribution in [0.25, 0.3) is 11.1 Å². The van der Waals surface area contributed by atoms with E-state index < -0.39 is 17.5 Å². The summed E-state index contributed by atoms with van der Waals surface area (Å²) in [5, 5.41) is 0. The third-order valence-electron chi connectivity index (χ3n) is 4.52. The molecule has 3 rings (SSSR count). The molecular formula is C22H25FN2O3. The van der Waals surface area contributed by atoms with Gasteiger partial charge in [0.1, 0.15) is 11.4 Å². The minimum Gasteiger partial charge on any atom is -0.444 e. The fraction of sp³-hybridized carbons (Fsp3) is 0.364. The van der Waals surface area contributed by atoms with E-state index in [1.165, 1.54) is 6.07 Å². The highest BCUT2D eigenvalue weighted by atomic mass is 19.1. The van der Waals surface area contributed by atoms with Gasteiger partial charge < -0.3 is 14.5 Å². The molecule has 0 aliphatic carbocycles. The molecule has 6 heteroatoms. The van der Waals surface area contributed by atoms with Crippen LogP contribution in [0.4, 0.5) is 9.18 Å². The summed E-state index contributed by atoms with van der Waals surface area (Å²) in [7, 11) is 0. The fourth-order valence-electron chi connectivity index (χ4n) is 3.09. The van der Waals surface area contributed by atoms with Crippen molar-refractivity contribution in [2.24, 2.45) is 0 Å². The third-order valence-corrected chi connectivity index (χ3v) is 4.52. The Balaban J connectivity index is 1.69. The van der Waals surface area contributed by atoms with Gasteiger partial charge in [0.25, 0.3) is 5.91 Å². The van der Waals surface area contributed by atoms with Crippen molar-refractivity contribution in [2.45, 2.75) is 26.4 Å². The van der Waals surface area contributed by atoms with Crippen molar-refractivity contribution in [1.82, 2.24) is 9.80 Å². The maximum absolute atomic E-state index is 14.3. The Bertz CT molecular complexity index is 854. The van der Waals surface area contributed by atoms with Gasteiger partial charge in [0, 0.05) is 26.2 Å². The van der Waals surface area contributed by atoms with Gasteiger partial charge in [0.15, 0.2) is 0 Å². The van der Waals surface area contributed by atoms with E-state index in [0.717, 1.165) is 11.1 Å². The van der Waals surface area contributed by atoms with E-state index in [-0.39, 0.29) is 11.5 Å². The van der Waals surface area contributed by atoms with Crippen LogP contribution in [0.3, 0.4) is 0 Å². The van der Waals surface area contributed by atoms with Crippen molar-refractivity contribution in [3.05, 3.63) is 59.9 Å². The van der Waals surface area contributed by atoms with Gasteiger partial charge in [0.05, 0.1) is 5.56 Å². The lowest BCUT2D eigenvalue weighted by atomic mass is 10.0. The van der Waals surface area contributed by atoms with Crippen molar-refractivity contribution in [3.63, 3.8) is 0 Å². The Kier molecular flexibility index (Phi) is 5.68. The van der Waals surface area contributed by atoms with Crippen LogP contribution >= 0.6 is 0 Å². The summed E-state index contributed by atoms with van der Waals surface area (Å²) in [4.78, 5) is 28.2. The summed E-state index contributed by atoms with van der Waals surface area (Å²) in [5.74, 6) is -0.904. The van der Waals surface area contributed by atoms with Crippen molar-refractivity contribution in [3.8, 4) is 11.1 Å². The van der Waals surface area contributed by atoms with Crippen LogP contribution < -0.4 is 0 Å². The van der Waals surface area contributed by atoms with Crippen LogP contribution in [-0.4, -0.2) is 53.6 Å². The number of amides is 2. The highest BCUT2D eigenvalue weighted by Crippen LogP contribution is 2.23. The molecule has 0 saturated carbocycles. The summed E-state index contributed by atoms with van der Waals surface area (Å²) in [6, 6.07) is 14.1. The lowest BCUT2D eigenvalue weighted by Crippen LogP contribution is -2.51. The summed E-state index contributed by atoms with van der Waals surface area (Å²) in [5.41, 5.74) is 1.20. The summed E-state index contributed by atoms with van der Waals surface area (Å²) < 4.78 is 19.7. The van der Waals surface area contributed by atoms with E-state index in [2.05, 4.69) is 0 Å². The smallest absolute Gasteiger partial charge is 0.410 e. The van der Waals surface area contributed by atoms with E-state index in [1.54, 1.807) is 21.9 Å². The van der Waals surface area contributed by atoms with E-state index in [0.29, 0.717) is 26.2 Å². The van der Waals surface area contributed by atoms with Crippen LogP contribution in [0.2, 0.25) is 0 Å². The van der Waals surface area contributed by atoms with Gasteiger partial charge in [0.2, 0.25) is 0 Å². The Morgan fingerprint density at radius 3 is 2.11 bits per heavy atom. The molecule has 0 radical (unpaired) electrons. The van der Waals surface area contributed by atoms with Crippen molar-refractivity contribution >= 4 is 12.0 Å². The average Bonchev–Trinajstić information content (AvgIpc) is 2.67. The molecule has 1 saturated heterocycles. The molecule has 28 heavy (non-hydrogen) atoms. The number of hydrogen-bond acceptors (Lipinski definition) is 3. The Morgan fingerprint density at radius 1 is 0.893 bits per heavy atom.